The summed E-state index contributed by atoms with van der Waals surface area (Å²) in [5.41, 5.74) is 6.16. The van der Waals surface area contributed by atoms with Crippen LogP contribution in [0.15, 0.2) is 22.8 Å². The monoisotopic (exact) mass is 307 g/mol. The van der Waals surface area contributed by atoms with Crippen molar-refractivity contribution in [2.75, 3.05) is 5.32 Å². The third-order valence-electron chi connectivity index (χ3n) is 3.29. The van der Waals surface area contributed by atoms with Crippen LogP contribution in [0.25, 0.3) is 0 Å². The first-order valence-electron chi connectivity index (χ1n) is 5.97. The Bertz CT molecular complexity index is 549. The number of nitrogens with one attached hydrogen (secondary N) is 1. The van der Waals surface area contributed by atoms with E-state index >= 15 is 0 Å². The van der Waals surface area contributed by atoms with Gasteiger partial charge in [-0.1, -0.05) is 15.9 Å². The van der Waals surface area contributed by atoms with Gasteiger partial charge < -0.3 is 5.32 Å². The van der Waals surface area contributed by atoms with E-state index in [4.69, 9.17) is 0 Å². The molecular formula is C14H18BrN3. The van der Waals surface area contributed by atoms with Gasteiger partial charge in [-0.3, -0.25) is 4.68 Å². The van der Waals surface area contributed by atoms with Gasteiger partial charge in [-0.05, 0) is 44.0 Å². The van der Waals surface area contributed by atoms with Crippen LogP contribution in [-0.2, 0) is 13.6 Å². The molecule has 1 aromatic carbocycles. The number of aryl methyl sites for hydroxylation is 3. The van der Waals surface area contributed by atoms with Crippen molar-refractivity contribution in [3.8, 4) is 0 Å². The average Bonchev–Trinajstić information content (AvgIpc) is 2.59. The van der Waals surface area contributed by atoms with E-state index in [0.29, 0.717) is 0 Å². The van der Waals surface area contributed by atoms with Crippen LogP contribution < -0.4 is 5.32 Å². The summed E-state index contributed by atoms with van der Waals surface area (Å²) in [6.45, 7) is 7.14. The lowest BCUT2D eigenvalue weighted by molar-refractivity contribution is 0.738. The van der Waals surface area contributed by atoms with Crippen molar-refractivity contribution in [3.63, 3.8) is 0 Å². The largest absolute Gasteiger partial charge is 0.380 e. The standard InChI is InChI=1S/C14H18BrN3/c1-9-5-13(15)6-10(2)14(9)16-7-12-8-17-18(4)11(12)3/h5-6,8,16H,7H2,1-4H3. The number of anilines is 1. The molecule has 1 aromatic heterocycles. The first-order chi connectivity index (χ1) is 8.49. The Morgan fingerprint density at radius 3 is 2.33 bits per heavy atom. The minimum Gasteiger partial charge on any atom is -0.380 e. The fourth-order valence-corrected chi connectivity index (χ4v) is 2.78. The predicted octanol–water partition coefficient (Wildman–Crippen LogP) is 3.72. The van der Waals surface area contributed by atoms with Gasteiger partial charge in [-0.25, -0.2) is 0 Å². The van der Waals surface area contributed by atoms with Gasteiger partial charge in [0.25, 0.3) is 0 Å². The molecule has 0 atom stereocenters. The molecule has 96 valence electrons. The minimum absolute atomic E-state index is 0.809. The predicted molar refractivity (Wildman–Crippen MR) is 78.9 cm³/mol. The molecule has 0 unspecified atom stereocenters. The lowest BCUT2D eigenvalue weighted by Crippen LogP contribution is -2.04. The van der Waals surface area contributed by atoms with Gasteiger partial charge >= 0.3 is 0 Å². The molecule has 2 aromatic rings. The number of hydrogen-bond donors (Lipinski definition) is 1. The third kappa shape index (κ3) is 2.58. The Hall–Kier alpha value is -1.29. The molecule has 0 saturated carbocycles. The zero-order chi connectivity index (χ0) is 13.3. The van der Waals surface area contributed by atoms with Crippen molar-refractivity contribution in [3.05, 3.63) is 45.2 Å². The van der Waals surface area contributed by atoms with E-state index in [-0.39, 0.29) is 0 Å². The van der Waals surface area contributed by atoms with Crippen LogP contribution in [0.5, 0.6) is 0 Å². The number of aromatic nitrogens is 2. The first kappa shape index (κ1) is 13.1. The molecule has 0 aliphatic carbocycles. The van der Waals surface area contributed by atoms with E-state index < -0.39 is 0 Å². The highest BCUT2D eigenvalue weighted by atomic mass is 79.9. The molecule has 1 heterocycles. The summed E-state index contributed by atoms with van der Waals surface area (Å²) in [5.74, 6) is 0. The molecule has 0 saturated heterocycles. The van der Waals surface area contributed by atoms with E-state index in [1.54, 1.807) is 0 Å². The SMILES string of the molecule is Cc1cc(Br)cc(C)c1NCc1cnn(C)c1C. The Labute approximate surface area is 116 Å². The molecule has 0 spiro atoms. The van der Waals surface area contributed by atoms with E-state index in [1.807, 2.05) is 17.9 Å². The van der Waals surface area contributed by atoms with Crippen LogP contribution in [0, 0.1) is 20.8 Å². The molecule has 0 bridgehead atoms. The lowest BCUT2D eigenvalue weighted by atomic mass is 10.1. The Morgan fingerprint density at radius 1 is 1.22 bits per heavy atom. The lowest BCUT2D eigenvalue weighted by Gasteiger charge is -2.13. The van der Waals surface area contributed by atoms with Gasteiger partial charge in [0.05, 0.1) is 6.20 Å². The molecule has 0 fully saturated rings. The summed E-state index contributed by atoms with van der Waals surface area (Å²) in [4.78, 5) is 0. The summed E-state index contributed by atoms with van der Waals surface area (Å²) in [6.07, 6.45) is 1.92. The molecule has 2 rings (SSSR count). The van der Waals surface area contributed by atoms with Crippen LogP contribution in [0.3, 0.4) is 0 Å². The minimum atomic E-state index is 0.809. The molecule has 0 aliphatic heterocycles. The number of nitrogens with zero attached hydrogens (tertiary/aromatic N) is 2. The third-order valence-corrected chi connectivity index (χ3v) is 3.75. The molecule has 0 aliphatic rings. The molecule has 1 N–H and O–H groups in total. The molecular weight excluding hydrogens is 290 g/mol. The van der Waals surface area contributed by atoms with E-state index in [2.05, 4.69) is 59.2 Å². The quantitative estimate of drug-likeness (QED) is 0.936. The second-order valence-electron chi connectivity index (χ2n) is 4.65. The van der Waals surface area contributed by atoms with E-state index in [9.17, 15) is 0 Å². The van der Waals surface area contributed by atoms with Crippen LogP contribution in [0.1, 0.15) is 22.4 Å². The highest BCUT2D eigenvalue weighted by Crippen LogP contribution is 2.25. The number of hydrogen-bond acceptors (Lipinski definition) is 2. The topological polar surface area (TPSA) is 29.9 Å². The molecule has 18 heavy (non-hydrogen) atoms. The van der Waals surface area contributed by atoms with Crippen LogP contribution in [-0.4, -0.2) is 9.78 Å². The average molecular weight is 308 g/mol. The van der Waals surface area contributed by atoms with Crippen molar-refractivity contribution in [2.24, 2.45) is 7.05 Å². The maximum absolute atomic E-state index is 4.26. The summed E-state index contributed by atoms with van der Waals surface area (Å²) in [6, 6.07) is 4.26. The molecule has 0 amide bonds. The van der Waals surface area contributed by atoms with Gasteiger partial charge in [-0.15, -0.1) is 0 Å². The summed E-state index contributed by atoms with van der Waals surface area (Å²) >= 11 is 3.52. The fraction of sp³-hybridized carbons (Fsp3) is 0.357. The van der Waals surface area contributed by atoms with E-state index in [1.165, 1.54) is 28.1 Å². The van der Waals surface area contributed by atoms with Crippen molar-refractivity contribution < 1.29 is 0 Å². The normalized spacial score (nSPS) is 10.7. The summed E-state index contributed by atoms with van der Waals surface area (Å²) < 4.78 is 3.03. The maximum atomic E-state index is 4.26. The highest BCUT2D eigenvalue weighted by Gasteiger charge is 2.07. The van der Waals surface area contributed by atoms with Crippen LogP contribution in [0.2, 0.25) is 0 Å². The Kier molecular flexibility index (Phi) is 3.76. The summed E-state index contributed by atoms with van der Waals surface area (Å²) in [5, 5.41) is 7.76. The Balaban J connectivity index is 2.18. The zero-order valence-electron chi connectivity index (χ0n) is 11.2. The van der Waals surface area contributed by atoms with Gasteiger partial charge in [0.2, 0.25) is 0 Å². The van der Waals surface area contributed by atoms with Crippen LogP contribution in [0.4, 0.5) is 5.69 Å². The molecule has 4 heteroatoms. The highest BCUT2D eigenvalue weighted by molar-refractivity contribution is 9.10. The fourth-order valence-electron chi connectivity index (χ4n) is 2.09. The number of rotatable bonds is 3. The van der Waals surface area contributed by atoms with Gasteiger partial charge in [0.1, 0.15) is 0 Å². The van der Waals surface area contributed by atoms with Gasteiger partial charge in [-0.2, -0.15) is 5.10 Å². The van der Waals surface area contributed by atoms with Crippen molar-refractivity contribution in [1.29, 1.82) is 0 Å². The smallest absolute Gasteiger partial charge is 0.0542 e. The first-order valence-corrected chi connectivity index (χ1v) is 6.76. The molecule has 0 radical (unpaired) electrons. The van der Waals surface area contributed by atoms with Gasteiger partial charge in [0.15, 0.2) is 0 Å². The molecule has 3 nitrogen and oxygen atoms in total. The van der Waals surface area contributed by atoms with Crippen molar-refractivity contribution in [1.82, 2.24) is 9.78 Å². The number of halogens is 1. The Morgan fingerprint density at radius 2 is 1.83 bits per heavy atom. The second-order valence-corrected chi connectivity index (χ2v) is 5.56. The van der Waals surface area contributed by atoms with Crippen molar-refractivity contribution >= 4 is 21.6 Å². The summed E-state index contributed by atoms with van der Waals surface area (Å²) in [7, 11) is 1.97. The van der Waals surface area contributed by atoms with Crippen LogP contribution >= 0.6 is 15.9 Å². The number of benzene rings is 1. The van der Waals surface area contributed by atoms with E-state index in [0.717, 1.165) is 11.0 Å². The zero-order valence-corrected chi connectivity index (χ0v) is 12.8. The second kappa shape index (κ2) is 5.14. The maximum Gasteiger partial charge on any atom is 0.0542 e. The van der Waals surface area contributed by atoms with Crippen molar-refractivity contribution in [2.45, 2.75) is 27.3 Å². The van der Waals surface area contributed by atoms with Gasteiger partial charge in [0, 0.05) is 35.0 Å².